The number of hydrogen-bond donors (Lipinski definition) is 1. The molecular formula is C18H28N2O2S2. The second kappa shape index (κ2) is 10.9. The monoisotopic (exact) mass is 368 g/mol. The molecular weight excluding hydrogens is 340 g/mol. The first kappa shape index (κ1) is 19.5. The summed E-state index contributed by atoms with van der Waals surface area (Å²) < 4.78 is 6.12. The van der Waals surface area contributed by atoms with Crippen molar-refractivity contribution in [3.05, 3.63) is 29.8 Å². The van der Waals surface area contributed by atoms with Crippen molar-refractivity contribution in [3.63, 3.8) is 0 Å². The number of benzene rings is 1. The molecule has 1 amide bonds. The summed E-state index contributed by atoms with van der Waals surface area (Å²) in [6, 6.07) is 8.16. The number of hydrogen-bond acceptors (Lipinski definition) is 5. The van der Waals surface area contributed by atoms with E-state index in [2.05, 4.69) is 36.2 Å². The van der Waals surface area contributed by atoms with Crippen LogP contribution in [0.1, 0.15) is 30.4 Å². The van der Waals surface area contributed by atoms with E-state index in [1.54, 1.807) is 0 Å². The van der Waals surface area contributed by atoms with Gasteiger partial charge in [0.1, 0.15) is 5.75 Å². The number of nitrogens with zero attached hydrogens (tertiary/aromatic N) is 1. The molecule has 1 saturated heterocycles. The molecule has 1 N–H and O–H groups in total. The maximum absolute atomic E-state index is 11.8. The Morgan fingerprint density at radius 3 is 2.50 bits per heavy atom. The van der Waals surface area contributed by atoms with Gasteiger partial charge in [0, 0.05) is 13.1 Å². The number of nitrogens with one attached hydrogen (secondary N) is 1. The van der Waals surface area contributed by atoms with E-state index in [4.69, 9.17) is 4.74 Å². The van der Waals surface area contributed by atoms with Gasteiger partial charge in [-0.05, 0) is 48.7 Å². The summed E-state index contributed by atoms with van der Waals surface area (Å²) in [7, 11) is 0. The van der Waals surface area contributed by atoms with Gasteiger partial charge in [-0.2, -0.15) is 0 Å². The fourth-order valence-electron chi connectivity index (χ4n) is 2.49. The molecule has 0 spiro atoms. The summed E-state index contributed by atoms with van der Waals surface area (Å²) in [5, 5.41) is 2.90. The Morgan fingerprint density at radius 1 is 1.21 bits per heavy atom. The SMILES string of the molecule is CCN(CC)CCNC(=O)COc1ccc(C2SCCCS2)cc1. The van der Waals surface area contributed by atoms with Crippen LogP contribution in [0.15, 0.2) is 24.3 Å². The first-order valence-corrected chi connectivity index (χ1v) is 10.8. The van der Waals surface area contributed by atoms with Crippen molar-refractivity contribution in [2.75, 3.05) is 44.3 Å². The van der Waals surface area contributed by atoms with Crippen molar-refractivity contribution >= 4 is 29.4 Å². The molecule has 0 radical (unpaired) electrons. The van der Waals surface area contributed by atoms with Gasteiger partial charge in [0.25, 0.3) is 5.91 Å². The third kappa shape index (κ3) is 6.57. The Labute approximate surface area is 154 Å². The minimum atomic E-state index is -0.0652. The highest BCUT2D eigenvalue weighted by molar-refractivity contribution is 8.16. The van der Waals surface area contributed by atoms with E-state index >= 15 is 0 Å². The average molecular weight is 369 g/mol. The summed E-state index contributed by atoms with van der Waals surface area (Å²) >= 11 is 4.02. The minimum Gasteiger partial charge on any atom is -0.484 e. The van der Waals surface area contributed by atoms with Crippen molar-refractivity contribution in [1.29, 1.82) is 0 Å². The van der Waals surface area contributed by atoms with Crippen LogP contribution in [0, 0.1) is 0 Å². The van der Waals surface area contributed by atoms with Crippen LogP contribution in [0.25, 0.3) is 0 Å². The second-order valence-corrected chi connectivity index (χ2v) is 8.39. The fraction of sp³-hybridized carbons (Fsp3) is 0.611. The molecule has 0 aromatic heterocycles. The summed E-state index contributed by atoms with van der Waals surface area (Å²) in [6.07, 6.45) is 1.30. The molecule has 0 saturated carbocycles. The molecule has 1 heterocycles. The van der Waals surface area contributed by atoms with Crippen LogP contribution in [-0.4, -0.2) is 55.1 Å². The number of rotatable bonds is 9. The number of thioether (sulfide) groups is 2. The molecule has 1 aliphatic rings. The molecule has 1 fully saturated rings. The molecule has 134 valence electrons. The van der Waals surface area contributed by atoms with Crippen molar-refractivity contribution in [3.8, 4) is 5.75 Å². The van der Waals surface area contributed by atoms with Crippen molar-refractivity contribution < 1.29 is 9.53 Å². The Balaban J connectivity index is 1.68. The zero-order chi connectivity index (χ0) is 17.2. The highest BCUT2D eigenvalue weighted by Gasteiger charge is 2.16. The minimum absolute atomic E-state index is 0.0652. The molecule has 1 aromatic carbocycles. The van der Waals surface area contributed by atoms with Crippen molar-refractivity contribution in [2.45, 2.75) is 24.9 Å². The van der Waals surface area contributed by atoms with Crippen LogP contribution < -0.4 is 10.1 Å². The molecule has 6 heteroatoms. The first-order valence-electron chi connectivity index (χ1n) is 8.68. The summed E-state index contributed by atoms with van der Waals surface area (Å²) in [5.41, 5.74) is 1.33. The lowest BCUT2D eigenvalue weighted by atomic mass is 10.2. The van der Waals surface area contributed by atoms with E-state index in [1.165, 1.54) is 23.5 Å². The van der Waals surface area contributed by atoms with Gasteiger partial charge in [-0.15, -0.1) is 23.5 Å². The predicted octanol–water partition coefficient (Wildman–Crippen LogP) is 3.39. The molecule has 1 aliphatic heterocycles. The standard InChI is InChI=1S/C18H28N2O2S2/c1-3-20(4-2)11-10-19-17(21)14-22-16-8-6-15(7-9-16)18-23-12-5-13-24-18/h6-9,18H,3-5,10-14H2,1-2H3,(H,19,21). The normalized spacial score (nSPS) is 15.5. The van der Waals surface area contributed by atoms with Gasteiger partial charge in [-0.25, -0.2) is 0 Å². The Morgan fingerprint density at radius 2 is 1.88 bits per heavy atom. The van der Waals surface area contributed by atoms with Gasteiger partial charge >= 0.3 is 0 Å². The first-order chi connectivity index (χ1) is 11.7. The van der Waals surface area contributed by atoms with Gasteiger partial charge < -0.3 is 15.0 Å². The van der Waals surface area contributed by atoms with Gasteiger partial charge in [0.2, 0.25) is 0 Å². The van der Waals surface area contributed by atoms with E-state index in [-0.39, 0.29) is 12.5 Å². The molecule has 24 heavy (non-hydrogen) atoms. The molecule has 0 bridgehead atoms. The van der Waals surface area contributed by atoms with E-state index in [0.717, 1.165) is 25.4 Å². The van der Waals surface area contributed by atoms with Crippen LogP contribution in [0.4, 0.5) is 0 Å². The Bertz CT molecular complexity index is 486. The smallest absolute Gasteiger partial charge is 0.257 e. The van der Waals surface area contributed by atoms with Crippen LogP contribution in [0.5, 0.6) is 5.75 Å². The summed E-state index contributed by atoms with van der Waals surface area (Å²) in [6.45, 7) is 7.89. The Kier molecular flexibility index (Phi) is 8.84. The van der Waals surface area contributed by atoms with Crippen LogP contribution in [0.3, 0.4) is 0 Å². The second-order valence-electron chi connectivity index (χ2n) is 5.66. The van der Waals surface area contributed by atoms with Gasteiger partial charge in [0.15, 0.2) is 6.61 Å². The zero-order valence-corrected chi connectivity index (χ0v) is 16.3. The summed E-state index contributed by atoms with van der Waals surface area (Å²) in [4.78, 5) is 14.1. The van der Waals surface area contributed by atoms with E-state index in [0.29, 0.717) is 11.1 Å². The number of carbonyl (C=O) groups is 1. The average Bonchev–Trinajstić information content (AvgIpc) is 2.65. The maximum Gasteiger partial charge on any atom is 0.257 e. The third-order valence-electron chi connectivity index (χ3n) is 3.99. The molecule has 4 nitrogen and oxygen atoms in total. The third-order valence-corrected chi connectivity index (χ3v) is 7.01. The largest absolute Gasteiger partial charge is 0.484 e. The van der Waals surface area contributed by atoms with E-state index < -0.39 is 0 Å². The summed E-state index contributed by atoms with van der Waals surface area (Å²) in [5.74, 6) is 3.17. The van der Waals surface area contributed by atoms with E-state index in [9.17, 15) is 4.79 Å². The molecule has 0 unspecified atom stereocenters. The van der Waals surface area contributed by atoms with Crippen LogP contribution >= 0.6 is 23.5 Å². The molecule has 0 atom stereocenters. The highest BCUT2D eigenvalue weighted by Crippen LogP contribution is 2.43. The highest BCUT2D eigenvalue weighted by atomic mass is 32.2. The fourth-order valence-corrected chi connectivity index (χ4v) is 5.39. The maximum atomic E-state index is 11.8. The number of ether oxygens (including phenoxy) is 1. The van der Waals surface area contributed by atoms with Crippen LogP contribution in [-0.2, 0) is 4.79 Å². The zero-order valence-electron chi connectivity index (χ0n) is 14.6. The molecule has 1 aromatic rings. The van der Waals surface area contributed by atoms with Gasteiger partial charge in [-0.3, -0.25) is 4.79 Å². The molecule has 0 aliphatic carbocycles. The van der Waals surface area contributed by atoms with Gasteiger partial charge in [0.05, 0.1) is 4.58 Å². The Hall–Kier alpha value is -0.850. The lowest BCUT2D eigenvalue weighted by Crippen LogP contribution is -2.36. The van der Waals surface area contributed by atoms with Crippen molar-refractivity contribution in [2.24, 2.45) is 0 Å². The predicted molar refractivity (Wildman–Crippen MR) is 105 cm³/mol. The topological polar surface area (TPSA) is 41.6 Å². The lowest BCUT2D eigenvalue weighted by Gasteiger charge is -2.21. The van der Waals surface area contributed by atoms with Crippen LogP contribution in [0.2, 0.25) is 0 Å². The van der Waals surface area contributed by atoms with Crippen molar-refractivity contribution in [1.82, 2.24) is 10.2 Å². The number of carbonyl (C=O) groups excluding carboxylic acids is 1. The lowest BCUT2D eigenvalue weighted by molar-refractivity contribution is -0.123. The van der Waals surface area contributed by atoms with Gasteiger partial charge in [-0.1, -0.05) is 26.0 Å². The molecule has 2 rings (SSSR count). The quantitative estimate of drug-likeness (QED) is 0.724. The number of likely N-dealkylation sites (N-methyl/N-ethyl adjacent to an activating group) is 1. The number of amides is 1. The van der Waals surface area contributed by atoms with E-state index in [1.807, 2.05) is 35.7 Å².